The van der Waals surface area contributed by atoms with E-state index in [-0.39, 0.29) is 18.0 Å². The summed E-state index contributed by atoms with van der Waals surface area (Å²) in [7, 11) is 1.83. The van der Waals surface area contributed by atoms with E-state index in [9.17, 15) is 9.59 Å². The molecule has 1 aliphatic rings. The van der Waals surface area contributed by atoms with Crippen molar-refractivity contribution in [3.8, 4) is 10.4 Å². The van der Waals surface area contributed by atoms with E-state index >= 15 is 0 Å². The second-order valence-corrected chi connectivity index (χ2v) is 9.61. The lowest BCUT2D eigenvalue weighted by atomic mass is 10.2. The van der Waals surface area contributed by atoms with Gasteiger partial charge in [-0.1, -0.05) is 30.3 Å². The Morgan fingerprint density at radius 1 is 1.14 bits per heavy atom. The van der Waals surface area contributed by atoms with Crippen LogP contribution in [0.5, 0.6) is 0 Å². The third-order valence-corrected chi connectivity index (χ3v) is 6.95. The number of aromatic nitrogens is 2. The first kappa shape index (κ1) is 23.2. The second-order valence-electron chi connectivity index (χ2n) is 8.57. The highest BCUT2D eigenvalue weighted by Crippen LogP contribution is 2.30. The smallest absolute Gasteiger partial charge is 0.259 e. The molecule has 9 heteroatoms. The molecule has 0 saturated carbocycles. The number of nitrogens with zero attached hydrogens (tertiary/aromatic N) is 3. The van der Waals surface area contributed by atoms with Gasteiger partial charge in [0.2, 0.25) is 5.91 Å². The van der Waals surface area contributed by atoms with Gasteiger partial charge < -0.3 is 19.9 Å². The molecule has 0 atom stereocenters. The molecule has 1 aliphatic heterocycles. The molecule has 5 rings (SSSR count). The molecule has 1 fully saturated rings. The first-order valence-corrected chi connectivity index (χ1v) is 12.4. The number of hydrogen-bond donors (Lipinski definition) is 2. The van der Waals surface area contributed by atoms with E-state index in [0.29, 0.717) is 22.6 Å². The van der Waals surface area contributed by atoms with E-state index in [1.54, 1.807) is 0 Å². The predicted octanol–water partition coefficient (Wildman–Crippen LogP) is 3.56. The van der Waals surface area contributed by atoms with Crippen LogP contribution in [0.25, 0.3) is 20.7 Å². The summed E-state index contributed by atoms with van der Waals surface area (Å²) in [5.41, 5.74) is 2.77. The number of hydrogen-bond acceptors (Lipinski definition) is 7. The number of carbonyl (C=O) groups excluding carboxylic acids is 1. The minimum Gasteiger partial charge on any atom is -0.378 e. The number of aromatic amines is 1. The largest absolute Gasteiger partial charge is 0.378 e. The number of rotatable bonds is 7. The summed E-state index contributed by atoms with van der Waals surface area (Å²) < 4.78 is 5.40. The van der Waals surface area contributed by atoms with Crippen molar-refractivity contribution in [3.05, 3.63) is 76.8 Å². The molecule has 8 nitrogen and oxygen atoms in total. The van der Waals surface area contributed by atoms with Crippen LogP contribution in [0.4, 0.5) is 11.4 Å². The SMILES string of the molecule is CN(CC(=O)Nc1ccc(N2CCOCC2)cc1)Cc1nc2sc(-c3ccccc3)cc2c(=O)[nH]1. The number of H-pyrrole nitrogens is 1. The van der Waals surface area contributed by atoms with E-state index in [2.05, 4.69) is 20.2 Å². The fraction of sp³-hybridized carbons (Fsp3) is 0.269. The van der Waals surface area contributed by atoms with Gasteiger partial charge in [0.1, 0.15) is 10.7 Å². The predicted molar refractivity (Wildman–Crippen MR) is 140 cm³/mol. The zero-order valence-corrected chi connectivity index (χ0v) is 20.3. The fourth-order valence-electron chi connectivity index (χ4n) is 4.13. The van der Waals surface area contributed by atoms with Crippen molar-refractivity contribution in [1.29, 1.82) is 0 Å². The third-order valence-electron chi connectivity index (χ3n) is 5.87. The Labute approximate surface area is 207 Å². The zero-order valence-electron chi connectivity index (χ0n) is 19.5. The van der Waals surface area contributed by atoms with Crippen molar-refractivity contribution in [3.63, 3.8) is 0 Å². The summed E-state index contributed by atoms with van der Waals surface area (Å²) in [6, 6.07) is 19.7. The molecule has 2 N–H and O–H groups in total. The first-order chi connectivity index (χ1) is 17.0. The molecule has 2 aromatic heterocycles. The number of carbonyl (C=O) groups is 1. The maximum Gasteiger partial charge on any atom is 0.259 e. The van der Waals surface area contributed by atoms with Crippen molar-refractivity contribution >= 4 is 38.8 Å². The third kappa shape index (κ3) is 5.59. The van der Waals surface area contributed by atoms with Crippen LogP contribution in [0.1, 0.15) is 5.82 Å². The van der Waals surface area contributed by atoms with E-state index in [1.165, 1.54) is 11.3 Å². The molecular weight excluding hydrogens is 462 g/mol. The van der Waals surface area contributed by atoms with Crippen molar-refractivity contribution in [2.45, 2.75) is 6.54 Å². The average Bonchev–Trinajstić information content (AvgIpc) is 3.30. The molecule has 2 aromatic carbocycles. The average molecular weight is 490 g/mol. The summed E-state index contributed by atoms with van der Waals surface area (Å²) in [6.07, 6.45) is 0. The number of likely N-dealkylation sites (N-methyl/N-ethyl adjacent to an activating group) is 1. The Hall–Kier alpha value is -3.53. The maximum atomic E-state index is 12.6. The molecule has 3 heterocycles. The van der Waals surface area contributed by atoms with E-state index in [0.717, 1.165) is 48.1 Å². The van der Waals surface area contributed by atoms with Gasteiger partial charge in [-0.25, -0.2) is 4.98 Å². The number of benzene rings is 2. The summed E-state index contributed by atoms with van der Waals surface area (Å²) in [6.45, 7) is 3.74. The van der Waals surface area contributed by atoms with Crippen molar-refractivity contribution < 1.29 is 9.53 Å². The normalized spacial score (nSPS) is 13.9. The fourth-order valence-corrected chi connectivity index (χ4v) is 5.19. The molecule has 0 bridgehead atoms. The highest BCUT2D eigenvalue weighted by molar-refractivity contribution is 7.21. The lowest BCUT2D eigenvalue weighted by Gasteiger charge is -2.28. The molecule has 180 valence electrons. The van der Waals surface area contributed by atoms with Crippen LogP contribution in [-0.2, 0) is 16.1 Å². The van der Waals surface area contributed by atoms with Crippen LogP contribution in [0, 0.1) is 0 Å². The number of anilines is 2. The molecular formula is C26H27N5O3S. The molecule has 35 heavy (non-hydrogen) atoms. The molecule has 4 aromatic rings. The number of ether oxygens (including phenoxy) is 1. The van der Waals surface area contributed by atoms with Crippen LogP contribution in [0.2, 0.25) is 0 Å². The highest BCUT2D eigenvalue weighted by Gasteiger charge is 2.14. The van der Waals surface area contributed by atoms with Crippen LogP contribution in [0.15, 0.2) is 65.5 Å². The number of fused-ring (bicyclic) bond motifs is 1. The molecule has 1 saturated heterocycles. The van der Waals surface area contributed by atoms with Crippen LogP contribution >= 0.6 is 11.3 Å². The van der Waals surface area contributed by atoms with Crippen molar-refractivity contribution in [2.75, 3.05) is 50.1 Å². The quantitative estimate of drug-likeness (QED) is 0.413. The van der Waals surface area contributed by atoms with Crippen LogP contribution < -0.4 is 15.8 Å². The van der Waals surface area contributed by atoms with Gasteiger partial charge in [-0.05, 0) is 42.9 Å². The van der Waals surface area contributed by atoms with Crippen molar-refractivity contribution in [2.24, 2.45) is 0 Å². The number of thiophene rings is 1. The van der Waals surface area contributed by atoms with Gasteiger partial charge in [0, 0.05) is 29.3 Å². The standard InChI is InChI=1S/C26H27N5O3S/c1-30(17-24(32)27-19-7-9-20(10-8-19)31-11-13-34-14-12-31)16-23-28-25(33)21-15-22(35-26(21)29-23)18-5-3-2-4-6-18/h2-10,15H,11-14,16-17H2,1H3,(H,27,32)(H,28,29,33). The summed E-state index contributed by atoms with van der Waals surface area (Å²) in [4.78, 5) is 38.5. The van der Waals surface area contributed by atoms with Gasteiger partial charge in [-0.2, -0.15) is 0 Å². The van der Waals surface area contributed by atoms with Gasteiger partial charge in [-0.3, -0.25) is 14.5 Å². The van der Waals surface area contributed by atoms with Crippen LogP contribution in [-0.4, -0.2) is 60.7 Å². The molecule has 1 amide bonds. The van der Waals surface area contributed by atoms with E-state index < -0.39 is 0 Å². The second kappa shape index (κ2) is 10.4. The Bertz CT molecular complexity index is 1360. The summed E-state index contributed by atoms with van der Waals surface area (Å²) >= 11 is 1.49. The minimum atomic E-state index is -0.165. The number of morpholine rings is 1. The molecule has 0 spiro atoms. The topological polar surface area (TPSA) is 90.6 Å². The molecule has 0 radical (unpaired) electrons. The molecule has 0 aliphatic carbocycles. The zero-order chi connectivity index (χ0) is 24.2. The number of amides is 1. The Kier molecular flexibility index (Phi) is 6.89. The Morgan fingerprint density at radius 3 is 2.63 bits per heavy atom. The minimum absolute atomic E-state index is 0.127. The highest BCUT2D eigenvalue weighted by atomic mass is 32.1. The monoisotopic (exact) mass is 489 g/mol. The van der Waals surface area contributed by atoms with Crippen molar-refractivity contribution in [1.82, 2.24) is 14.9 Å². The van der Waals surface area contributed by atoms with Crippen LogP contribution in [0.3, 0.4) is 0 Å². The van der Waals surface area contributed by atoms with E-state index in [4.69, 9.17) is 4.74 Å². The Balaban J connectivity index is 1.20. The Morgan fingerprint density at radius 2 is 1.89 bits per heavy atom. The molecule has 0 unspecified atom stereocenters. The summed E-state index contributed by atoms with van der Waals surface area (Å²) in [5, 5.41) is 3.52. The van der Waals surface area contributed by atoms with Gasteiger partial charge in [-0.15, -0.1) is 11.3 Å². The first-order valence-electron chi connectivity index (χ1n) is 11.5. The number of nitrogens with one attached hydrogen (secondary N) is 2. The van der Waals surface area contributed by atoms with Gasteiger partial charge >= 0.3 is 0 Å². The summed E-state index contributed by atoms with van der Waals surface area (Å²) in [5.74, 6) is 0.409. The van der Waals surface area contributed by atoms with Gasteiger partial charge in [0.05, 0.1) is 31.7 Å². The lowest BCUT2D eigenvalue weighted by Crippen LogP contribution is -2.36. The van der Waals surface area contributed by atoms with Gasteiger partial charge in [0.25, 0.3) is 5.56 Å². The maximum absolute atomic E-state index is 12.6. The van der Waals surface area contributed by atoms with E-state index in [1.807, 2.05) is 72.6 Å². The lowest BCUT2D eigenvalue weighted by molar-refractivity contribution is -0.117. The van der Waals surface area contributed by atoms with Gasteiger partial charge in [0.15, 0.2) is 0 Å².